The van der Waals surface area contributed by atoms with Gasteiger partial charge in [0.15, 0.2) is 0 Å². The van der Waals surface area contributed by atoms with Gasteiger partial charge in [0.05, 0.1) is 11.3 Å². The summed E-state index contributed by atoms with van der Waals surface area (Å²) < 4.78 is 0. The van der Waals surface area contributed by atoms with Gasteiger partial charge in [0.2, 0.25) is 0 Å². The van der Waals surface area contributed by atoms with Gasteiger partial charge in [-0.15, -0.1) is 0 Å². The van der Waals surface area contributed by atoms with E-state index < -0.39 is 5.97 Å². The van der Waals surface area contributed by atoms with Gasteiger partial charge in [-0.25, -0.2) is 9.78 Å². The Bertz CT molecular complexity index is 567. The minimum Gasteiger partial charge on any atom is -0.478 e. The second-order valence-corrected chi connectivity index (χ2v) is 4.02. The number of hydrogen-bond acceptors (Lipinski definition) is 2. The number of pyridine rings is 1. The lowest BCUT2D eigenvalue weighted by atomic mass is 10.0. The molecule has 0 aliphatic rings. The fraction of sp³-hybridized carbons (Fsp3) is 0.0769. The van der Waals surface area contributed by atoms with Crippen molar-refractivity contribution in [1.82, 2.24) is 4.98 Å². The summed E-state index contributed by atoms with van der Waals surface area (Å²) in [5.41, 5.74) is 2.27. The Morgan fingerprint density at radius 1 is 1.29 bits per heavy atom. The molecule has 0 aliphatic heterocycles. The van der Waals surface area contributed by atoms with Crippen LogP contribution in [0.5, 0.6) is 0 Å². The summed E-state index contributed by atoms with van der Waals surface area (Å²) in [6.07, 6.45) is 0. The van der Waals surface area contributed by atoms with Crippen molar-refractivity contribution in [2.24, 2.45) is 0 Å². The number of carboxylic acid groups (broad SMARTS) is 1. The molecule has 0 atom stereocenters. The van der Waals surface area contributed by atoms with Gasteiger partial charge in [-0.1, -0.05) is 41.9 Å². The third kappa shape index (κ3) is 2.29. The fourth-order valence-electron chi connectivity index (χ4n) is 1.68. The molecule has 0 unspecified atom stereocenters. The summed E-state index contributed by atoms with van der Waals surface area (Å²) in [7, 11) is 0. The Labute approximate surface area is 104 Å². The van der Waals surface area contributed by atoms with Crippen LogP contribution in [0.25, 0.3) is 11.3 Å². The molecule has 0 saturated carbocycles. The molecule has 2 rings (SSSR count). The van der Waals surface area contributed by atoms with Gasteiger partial charge < -0.3 is 5.11 Å². The van der Waals surface area contributed by atoms with Gasteiger partial charge in [-0.3, -0.25) is 0 Å². The molecule has 0 saturated heterocycles. The van der Waals surface area contributed by atoms with Crippen molar-refractivity contribution in [3.8, 4) is 11.3 Å². The Kier molecular flexibility index (Phi) is 3.11. The smallest absolute Gasteiger partial charge is 0.336 e. The fourth-order valence-corrected chi connectivity index (χ4v) is 1.87. The number of aromatic nitrogens is 1. The molecular formula is C13H10ClNO2. The van der Waals surface area contributed by atoms with Crippen LogP contribution < -0.4 is 0 Å². The first kappa shape index (κ1) is 11.6. The summed E-state index contributed by atoms with van der Waals surface area (Å²) >= 11 is 5.84. The van der Waals surface area contributed by atoms with E-state index in [-0.39, 0.29) is 10.7 Å². The molecule has 86 valence electrons. The second kappa shape index (κ2) is 4.55. The summed E-state index contributed by atoms with van der Waals surface area (Å²) in [4.78, 5) is 15.3. The first-order valence-corrected chi connectivity index (χ1v) is 5.43. The Morgan fingerprint density at radius 3 is 2.53 bits per heavy atom. The zero-order chi connectivity index (χ0) is 12.4. The van der Waals surface area contributed by atoms with E-state index in [1.54, 1.807) is 6.92 Å². The van der Waals surface area contributed by atoms with Crippen molar-refractivity contribution in [3.63, 3.8) is 0 Å². The van der Waals surface area contributed by atoms with Crippen LogP contribution in [0.15, 0.2) is 36.4 Å². The van der Waals surface area contributed by atoms with Crippen molar-refractivity contribution in [2.45, 2.75) is 6.92 Å². The lowest BCUT2D eigenvalue weighted by Crippen LogP contribution is -2.03. The van der Waals surface area contributed by atoms with Crippen LogP contribution in [0.4, 0.5) is 0 Å². The van der Waals surface area contributed by atoms with Crippen LogP contribution in [0.3, 0.4) is 0 Å². The molecule has 2 aromatic rings. The van der Waals surface area contributed by atoms with Gasteiger partial charge in [0.1, 0.15) is 5.15 Å². The maximum Gasteiger partial charge on any atom is 0.336 e. The molecule has 4 heteroatoms. The van der Waals surface area contributed by atoms with Crippen molar-refractivity contribution in [1.29, 1.82) is 0 Å². The van der Waals surface area contributed by atoms with E-state index in [1.165, 1.54) is 6.07 Å². The molecule has 0 aliphatic carbocycles. The normalized spacial score (nSPS) is 10.2. The number of nitrogens with zero attached hydrogens (tertiary/aromatic N) is 1. The molecule has 0 bridgehead atoms. The van der Waals surface area contributed by atoms with E-state index in [4.69, 9.17) is 16.7 Å². The summed E-state index contributed by atoms with van der Waals surface area (Å²) in [6.45, 7) is 1.73. The highest BCUT2D eigenvalue weighted by Crippen LogP contribution is 2.26. The van der Waals surface area contributed by atoms with Gasteiger partial charge in [0, 0.05) is 5.56 Å². The Morgan fingerprint density at radius 2 is 1.94 bits per heavy atom. The highest BCUT2D eigenvalue weighted by Gasteiger charge is 2.14. The number of rotatable bonds is 2. The zero-order valence-corrected chi connectivity index (χ0v) is 9.90. The summed E-state index contributed by atoms with van der Waals surface area (Å²) in [6, 6.07) is 10.7. The number of benzene rings is 1. The molecule has 1 N–H and O–H groups in total. The van der Waals surface area contributed by atoms with Crippen LogP contribution in [0.1, 0.15) is 15.9 Å². The molecule has 3 nitrogen and oxygen atoms in total. The molecule has 17 heavy (non-hydrogen) atoms. The third-order valence-corrected chi connectivity index (χ3v) is 2.71. The van der Waals surface area contributed by atoms with Crippen molar-refractivity contribution in [3.05, 3.63) is 52.7 Å². The van der Waals surface area contributed by atoms with E-state index in [1.807, 2.05) is 30.3 Å². The van der Waals surface area contributed by atoms with E-state index in [9.17, 15) is 4.79 Å². The van der Waals surface area contributed by atoms with E-state index >= 15 is 0 Å². The van der Waals surface area contributed by atoms with Crippen molar-refractivity contribution in [2.75, 3.05) is 0 Å². The molecule has 1 aromatic carbocycles. The average Bonchev–Trinajstić information content (AvgIpc) is 2.32. The quantitative estimate of drug-likeness (QED) is 0.828. The van der Waals surface area contributed by atoms with Crippen LogP contribution >= 0.6 is 11.6 Å². The predicted molar refractivity (Wildman–Crippen MR) is 66.4 cm³/mol. The van der Waals surface area contributed by atoms with Crippen molar-refractivity contribution >= 4 is 17.6 Å². The van der Waals surface area contributed by atoms with Gasteiger partial charge in [0.25, 0.3) is 0 Å². The average molecular weight is 248 g/mol. The number of halogens is 1. The number of aromatic carboxylic acids is 1. The molecule has 0 amide bonds. The van der Waals surface area contributed by atoms with Crippen LogP contribution in [-0.2, 0) is 0 Å². The highest BCUT2D eigenvalue weighted by atomic mass is 35.5. The van der Waals surface area contributed by atoms with E-state index in [0.717, 1.165) is 5.56 Å². The Hall–Kier alpha value is -1.87. The predicted octanol–water partition coefficient (Wildman–Crippen LogP) is 3.41. The van der Waals surface area contributed by atoms with Gasteiger partial charge >= 0.3 is 5.97 Å². The maximum atomic E-state index is 11.1. The largest absolute Gasteiger partial charge is 0.478 e. The van der Waals surface area contributed by atoms with Crippen LogP contribution in [0.2, 0.25) is 5.15 Å². The highest BCUT2D eigenvalue weighted by molar-refractivity contribution is 6.30. The lowest BCUT2D eigenvalue weighted by Gasteiger charge is -2.08. The molecule has 1 aromatic heterocycles. The first-order valence-electron chi connectivity index (χ1n) is 5.05. The topological polar surface area (TPSA) is 50.2 Å². The SMILES string of the molecule is Cc1c(C(=O)O)cc(Cl)nc1-c1ccccc1. The third-order valence-electron chi connectivity index (χ3n) is 2.52. The number of carboxylic acids is 1. The van der Waals surface area contributed by atoms with Crippen molar-refractivity contribution < 1.29 is 9.90 Å². The molecule has 0 fully saturated rings. The molecular weight excluding hydrogens is 238 g/mol. The summed E-state index contributed by atoms with van der Waals surface area (Å²) in [5.74, 6) is -0.996. The minimum absolute atomic E-state index is 0.184. The Balaban J connectivity index is 2.67. The molecule has 0 radical (unpaired) electrons. The van der Waals surface area contributed by atoms with Crippen LogP contribution in [0, 0.1) is 6.92 Å². The molecule has 0 spiro atoms. The number of carbonyl (C=O) groups is 1. The molecule has 1 heterocycles. The second-order valence-electron chi connectivity index (χ2n) is 3.64. The van der Waals surface area contributed by atoms with Gasteiger partial charge in [-0.05, 0) is 18.6 Å². The van der Waals surface area contributed by atoms with Crippen LogP contribution in [-0.4, -0.2) is 16.1 Å². The zero-order valence-electron chi connectivity index (χ0n) is 9.14. The minimum atomic E-state index is -0.996. The summed E-state index contributed by atoms with van der Waals surface area (Å²) in [5, 5.41) is 9.26. The first-order chi connectivity index (χ1) is 8.09. The monoisotopic (exact) mass is 247 g/mol. The lowest BCUT2D eigenvalue weighted by molar-refractivity contribution is 0.0696. The van der Waals surface area contributed by atoms with E-state index in [2.05, 4.69) is 4.98 Å². The van der Waals surface area contributed by atoms with Gasteiger partial charge in [-0.2, -0.15) is 0 Å². The maximum absolute atomic E-state index is 11.1. The number of hydrogen-bond donors (Lipinski definition) is 1. The van der Waals surface area contributed by atoms with E-state index in [0.29, 0.717) is 11.3 Å². The standard InChI is InChI=1S/C13H10ClNO2/c1-8-10(13(16)17)7-11(14)15-12(8)9-5-3-2-4-6-9/h2-7H,1H3,(H,16,17).